The molecule has 110 valence electrons. The molecular weight excluding hydrogens is 262 g/mol. The molecule has 1 unspecified atom stereocenters. The Balaban J connectivity index is 2.81. The van der Waals surface area contributed by atoms with Crippen LogP contribution in [-0.2, 0) is 4.79 Å². The summed E-state index contributed by atoms with van der Waals surface area (Å²) in [6, 6.07) is 0. The highest BCUT2D eigenvalue weighted by Crippen LogP contribution is 2.35. The highest BCUT2D eigenvalue weighted by molar-refractivity contribution is 7.99. The monoisotopic (exact) mass is 287 g/mol. The van der Waals surface area contributed by atoms with Crippen LogP contribution in [0.1, 0.15) is 45.4 Å². The van der Waals surface area contributed by atoms with E-state index >= 15 is 0 Å². The molecule has 0 aliphatic heterocycles. The van der Waals surface area contributed by atoms with Crippen LogP contribution in [0.5, 0.6) is 0 Å². The minimum absolute atomic E-state index is 0.0590. The van der Waals surface area contributed by atoms with Crippen LogP contribution in [0.25, 0.3) is 0 Å². The van der Waals surface area contributed by atoms with E-state index in [0.29, 0.717) is 24.6 Å². The zero-order chi connectivity index (χ0) is 14.3. The van der Waals surface area contributed by atoms with Crippen molar-refractivity contribution in [1.82, 2.24) is 5.32 Å². The Morgan fingerprint density at radius 2 is 2.00 bits per heavy atom. The predicted octanol–water partition coefficient (Wildman–Crippen LogP) is 1.94. The lowest BCUT2D eigenvalue weighted by molar-refractivity contribution is -0.128. The Hall–Kier alpha value is -0.910. The van der Waals surface area contributed by atoms with Crippen molar-refractivity contribution in [2.24, 2.45) is 16.3 Å². The van der Waals surface area contributed by atoms with E-state index in [0.717, 1.165) is 25.7 Å². The molecule has 1 rings (SSSR count). The van der Waals surface area contributed by atoms with E-state index in [1.165, 1.54) is 0 Å². The third-order valence-corrected chi connectivity index (χ3v) is 4.91. The molecule has 5 nitrogen and oxygen atoms in total. The molecule has 0 saturated heterocycles. The van der Waals surface area contributed by atoms with Crippen molar-refractivity contribution in [2.45, 2.75) is 50.7 Å². The smallest absolute Gasteiger partial charge is 0.233 e. The summed E-state index contributed by atoms with van der Waals surface area (Å²) in [4.78, 5) is 12.5. The average Bonchev–Trinajstić information content (AvgIpc) is 2.70. The van der Waals surface area contributed by atoms with Crippen molar-refractivity contribution in [2.75, 3.05) is 12.8 Å². The van der Waals surface area contributed by atoms with Gasteiger partial charge in [0.25, 0.3) is 0 Å². The summed E-state index contributed by atoms with van der Waals surface area (Å²) in [6.45, 7) is 2.68. The fraction of sp³-hybridized carbons (Fsp3) is 0.846. The van der Waals surface area contributed by atoms with E-state index in [1.807, 2.05) is 6.26 Å². The van der Waals surface area contributed by atoms with Gasteiger partial charge in [0.1, 0.15) is 5.41 Å². The minimum atomic E-state index is -0.816. The Bertz CT molecular complexity index is 326. The second-order valence-corrected chi connectivity index (χ2v) is 6.51. The second-order valence-electron chi connectivity index (χ2n) is 5.24. The van der Waals surface area contributed by atoms with Gasteiger partial charge in [0.15, 0.2) is 5.84 Å². The first kappa shape index (κ1) is 16.1. The molecule has 1 fully saturated rings. The van der Waals surface area contributed by atoms with E-state index in [4.69, 9.17) is 10.9 Å². The van der Waals surface area contributed by atoms with Crippen LogP contribution in [0.4, 0.5) is 0 Å². The number of hydrogen-bond acceptors (Lipinski definition) is 4. The molecular formula is C13H25N3O2S. The molecule has 0 radical (unpaired) electrons. The van der Waals surface area contributed by atoms with E-state index in [9.17, 15) is 4.79 Å². The van der Waals surface area contributed by atoms with Crippen molar-refractivity contribution in [3.8, 4) is 0 Å². The first-order valence-corrected chi connectivity index (χ1v) is 8.14. The molecule has 6 heteroatoms. The number of hydrogen-bond donors (Lipinski definition) is 3. The largest absolute Gasteiger partial charge is 0.409 e. The van der Waals surface area contributed by atoms with Gasteiger partial charge in [0.05, 0.1) is 0 Å². The molecule has 0 spiro atoms. The lowest BCUT2D eigenvalue weighted by Gasteiger charge is -2.30. The first-order chi connectivity index (χ1) is 9.06. The summed E-state index contributed by atoms with van der Waals surface area (Å²) in [7, 11) is 0. The SMILES string of the molecule is CSC(C)CNC(=O)C1(C(N)=NO)CCCCCC1. The average molecular weight is 287 g/mol. The topological polar surface area (TPSA) is 87.7 Å². The van der Waals surface area contributed by atoms with Crippen molar-refractivity contribution < 1.29 is 10.0 Å². The van der Waals surface area contributed by atoms with Crippen LogP contribution in [0.2, 0.25) is 0 Å². The van der Waals surface area contributed by atoms with Crippen LogP contribution < -0.4 is 11.1 Å². The van der Waals surface area contributed by atoms with Gasteiger partial charge in [-0.15, -0.1) is 0 Å². The van der Waals surface area contributed by atoms with Crippen molar-refractivity contribution in [1.29, 1.82) is 0 Å². The number of oxime groups is 1. The molecule has 0 aromatic carbocycles. The van der Waals surface area contributed by atoms with Crippen molar-refractivity contribution in [3.05, 3.63) is 0 Å². The summed E-state index contributed by atoms with van der Waals surface area (Å²) in [5.74, 6) is -0.0331. The zero-order valence-electron chi connectivity index (χ0n) is 11.8. The number of thioether (sulfide) groups is 1. The Kier molecular flexibility index (Phi) is 6.48. The van der Waals surface area contributed by atoms with E-state index in [2.05, 4.69) is 17.4 Å². The number of nitrogens with one attached hydrogen (secondary N) is 1. The number of nitrogens with zero attached hydrogens (tertiary/aromatic N) is 1. The molecule has 1 aliphatic rings. The summed E-state index contributed by atoms with van der Waals surface area (Å²) in [5.41, 5.74) is 5.01. The summed E-state index contributed by atoms with van der Waals surface area (Å²) < 4.78 is 0. The maximum Gasteiger partial charge on any atom is 0.233 e. The van der Waals surface area contributed by atoms with Crippen LogP contribution in [0, 0.1) is 5.41 Å². The van der Waals surface area contributed by atoms with Gasteiger partial charge in [-0.3, -0.25) is 4.79 Å². The Morgan fingerprint density at radius 1 is 1.42 bits per heavy atom. The fourth-order valence-electron chi connectivity index (χ4n) is 2.52. The molecule has 1 saturated carbocycles. The summed E-state index contributed by atoms with van der Waals surface area (Å²) >= 11 is 1.71. The fourth-order valence-corrected chi connectivity index (χ4v) is 2.77. The lowest BCUT2D eigenvalue weighted by atomic mass is 9.78. The molecule has 19 heavy (non-hydrogen) atoms. The van der Waals surface area contributed by atoms with Crippen molar-refractivity contribution in [3.63, 3.8) is 0 Å². The van der Waals surface area contributed by atoms with Gasteiger partial charge in [0.2, 0.25) is 5.91 Å². The highest BCUT2D eigenvalue weighted by Gasteiger charge is 2.42. The van der Waals surface area contributed by atoms with Gasteiger partial charge in [-0.25, -0.2) is 0 Å². The lowest BCUT2D eigenvalue weighted by Crippen LogP contribution is -2.50. The molecule has 0 bridgehead atoms. The predicted molar refractivity (Wildman–Crippen MR) is 79.5 cm³/mol. The van der Waals surface area contributed by atoms with E-state index < -0.39 is 5.41 Å². The molecule has 0 heterocycles. The first-order valence-electron chi connectivity index (χ1n) is 6.86. The van der Waals surface area contributed by atoms with Crippen molar-refractivity contribution >= 4 is 23.5 Å². The molecule has 4 N–H and O–H groups in total. The maximum absolute atomic E-state index is 12.5. The molecule has 1 atom stereocenters. The summed E-state index contributed by atoms with van der Waals surface area (Å²) in [6.07, 6.45) is 7.46. The van der Waals surface area contributed by atoms with Gasteiger partial charge >= 0.3 is 0 Å². The zero-order valence-corrected chi connectivity index (χ0v) is 12.6. The number of amides is 1. The van der Waals surface area contributed by atoms with Gasteiger partial charge in [-0.2, -0.15) is 11.8 Å². The van der Waals surface area contributed by atoms with E-state index in [-0.39, 0.29) is 11.7 Å². The van der Waals surface area contributed by atoms with Crippen LogP contribution in [0.15, 0.2) is 5.16 Å². The standard InChI is InChI=1S/C13H25N3O2S/c1-10(19-2)9-15-12(17)13(11(14)16-18)7-5-3-4-6-8-13/h10,18H,3-9H2,1-2H3,(H2,14,16)(H,15,17). The summed E-state index contributed by atoms with van der Waals surface area (Å²) in [5, 5.41) is 15.4. The van der Waals surface area contributed by atoms with Crippen LogP contribution >= 0.6 is 11.8 Å². The second kappa shape index (κ2) is 7.62. The quantitative estimate of drug-likeness (QED) is 0.237. The Labute approximate surface area is 119 Å². The van der Waals surface area contributed by atoms with Gasteiger partial charge < -0.3 is 16.3 Å². The number of carbonyl (C=O) groups is 1. The number of rotatable bonds is 5. The van der Waals surface area contributed by atoms with Gasteiger partial charge in [-0.1, -0.05) is 37.8 Å². The molecule has 1 amide bonds. The maximum atomic E-state index is 12.5. The van der Waals surface area contributed by atoms with E-state index in [1.54, 1.807) is 11.8 Å². The van der Waals surface area contributed by atoms with Crippen LogP contribution in [0.3, 0.4) is 0 Å². The number of amidine groups is 1. The van der Waals surface area contributed by atoms with Crippen LogP contribution in [-0.4, -0.2) is 35.0 Å². The third kappa shape index (κ3) is 4.03. The molecule has 0 aromatic rings. The minimum Gasteiger partial charge on any atom is -0.409 e. The van der Waals surface area contributed by atoms with Gasteiger partial charge in [-0.05, 0) is 19.1 Å². The normalized spacial score (nSPS) is 21.5. The number of nitrogens with two attached hydrogens (primary N) is 1. The molecule has 0 aromatic heterocycles. The number of carbonyl (C=O) groups excluding carboxylic acids is 1. The Morgan fingerprint density at radius 3 is 2.47 bits per heavy atom. The van der Waals surface area contributed by atoms with Gasteiger partial charge in [0, 0.05) is 11.8 Å². The molecule has 1 aliphatic carbocycles. The highest BCUT2D eigenvalue weighted by atomic mass is 32.2. The third-order valence-electron chi connectivity index (χ3n) is 3.94.